The molecule has 0 aromatic carbocycles. The number of alkyl carbamates (subject to hydrolysis) is 1. The van der Waals surface area contributed by atoms with E-state index in [2.05, 4.69) is 37.6 Å². The zero-order valence-corrected chi connectivity index (χ0v) is 22.9. The third-order valence-electron chi connectivity index (χ3n) is 11.4. The van der Waals surface area contributed by atoms with E-state index in [4.69, 9.17) is 4.74 Å². The van der Waals surface area contributed by atoms with Crippen molar-refractivity contribution in [2.24, 2.45) is 45.8 Å². The van der Waals surface area contributed by atoms with Gasteiger partial charge in [-0.3, -0.25) is 14.9 Å². The lowest BCUT2D eigenvalue weighted by Gasteiger charge is -2.61. The lowest BCUT2D eigenvalue weighted by molar-refractivity contribution is -0.191. The van der Waals surface area contributed by atoms with E-state index >= 15 is 0 Å². The molecule has 2 amide bonds. The first-order chi connectivity index (χ1) is 16.5. The van der Waals surface area contributed by atoms with Crippen molar-refractivity contribution >= 4 is 30.2 Å². The molecule has 7 nitrogen and oxygen atoms in total. The summed E-state index contributed by atoms with van der Waals surface area (Å²) in [5, 5.41) is 14.1. The van der Waals surface area contributed by atoms with Gasteiger partial charge in [0.1, 0.15) is 11.9 Å². The second-order valence-corrected chi connectivity index (χ2v) is 12.9. The summed E-state index contributed by atoms with van der Waals surface area (Å²) < 4.78 is 6.13. The van der Waals surface area contributed by atoms with Crippen LogP contribution in [-0.4, -0.2) is 59.6 Å². The summed E-state index contributed by atoms with van der Waals surface area (Å²) in [6.45, 7) is 15.0. The third kappa shape index (κ3) is 3.87. The number of imide groups is 1. The highest BCUT2D eigenvalue weighted by atomic mass is 35.5. The predicted octanol–water partition coefficient (Wildman–Crippen LogP) is 3.98. The van der Waals surface area contributed by atoms with Gasteiger partial charge in [-0.1, -0.05) is 33.8 Å². The highest BCUT2D eigenvalue weighted by Crippen LogP contribution is 2.68. The van der Waals surface area contributed by atoms with Crippen LogP contribution in [0.15, 0.2) is 12.7 Å². The van der Waals surface area contributed by atoms with E-state index in [1.807, 2.05) is 6.92 Å². The fourth-order valence-electron chi connectivity index (χ4n) is 8.93. The summed E-state index contributed by atoms with van der Waals surface area (Å²) in [6.07, 6.45) is 4.17. The number of aliphatic hydroxyl groups excluding tert-OH is 1. The van der Waals surface area contributed by atoms with Crippen molar-refractivity contribution < 1.29 is 24.2 Å². The monoisotopic (exact) mass is 522 g/mol. The van der Waals surface area contributed by atoms with Gasteiger partial charge >= 0.3 is 6.09 Å². The summed E-state index contributed by atoms with van der Waals surface area (Å²) >= 11 is 0. The Morgan fingerprint density at radius 3 is 2.53 bits per heavy atom. The van der Waals surface area contributed by atoms with Crippen LogP contribution in [0.25, 0.3) is 0 Å². The molecule has 2 saturated heterocycles. The Bertz CT molecular complexity index is 943. The van der Waals surface area contributed by atoms with Gasteiger partial charge in [0.25, 0.3) is 0 Å². The molecule has 11 atom stereocenters. The topological polar surface area (TPSA) is 95.9 Å². The van der Waals surface area contributed by atoms with Gasteiger partial charge in [0.15, 0.2) is 0 Å². The molecule has 5 aliphatic rings. The van der Waals surface area contributed by atoms with Gasteiger partial charge in [-0.15, -0.1) is 19.0 Å². The molecule has 0 radical (unpaired) electrons. The van der Waals surface area contributed by atoms with Crippen molar-refractivity contribution in [2.45, 2.75) is 78.4 Å². The summed E-state index contributed by atoms with van der Waals surface area (Å²) in [7, 11) is 0. The van der Waals surface area contributed by atoms with Crippen LogP contribution in [0, 0.1) is 45.8 Å². The van der Waals surface area contributed by atoms with Gasteiger partial charge < -0.3 is 14.7 Å². The maximum absolute atomic E-state index is 13.5. The van der Waals surface area contributed by atoms with Gasteiger partial charge in [-0.2, -0.15) is 0 Å². The largest absolute Gasteiger partial charge is 0.445 e. The molecule has 4 bridgehead atoms. The zero-order valence-electron chi connectivity index (χ0n) is 22.1. The second kappa shape index (κ2) is 9.39. The Balaban J connectivity index is 0.00000304. The molecule has 2 heterocycles. The van der Waals surface area contributed by atoms with Crippen molar-refractivity contribution in [1.29, 1.82) is 0 Å². The van der Waals surface area contributed by atoms with Crippen molar-refractivity contribution in [3.63, 3.8) is 0 Å². The van der Waals surface area contributed by atoms with E-state index in [-0.39, 0.29) is 53.2 Å². The molecular formula is C28H43ClN2O5. The molecule has 3 saturated carbocycles. The van der Waals surface area contributed by atoms with Gasteiger partial charge in [-0.25, -0.2) is 4.79 Å². The summed E-state index contributed by atoms with van der Waals surface area (Å²) in [6, 6.07) is 0. The molecule has 5 rings (SSSR count). The standard InChI is InChI=1S/C28H42N2O5.ClH/c1-6-26(4)13-21(35-25(34)29-24(33)19-15-30-12-9-18(19)14-30)27(5)16(2)7-10-28(17(3)23(26)32)11-8-20(31)22(27)28;/h6,16-19,21-23,32H,1,7-15H2,2-5H3,(H,29,33,34);1H/t16-,17+,18-,19?,21-,22+,23+,26-,27?,28?;/m1./s1. The molecule has 36 heavy (non-hydrogen) atoms. The fourth-order valence-corrected chi connectivity index (χ4v) is 8.93. The molecule has 3 aliphatic carbocycles. The summed E-state index contributed by atoms with van der Waals surface area (Å²) in [4.78, 5) is 41.8. The Labute approximate surface area is 221 Å². The molecule has 0 aromatic heterocycles. The van der Waals surface area contributed by atoms with Gasteiger partial charge in [0, 0.05) is 36.3 Å². The second-order valence-electron chi connectivity index (χ2n) is 12.9. The maximum Gasteiger partial charge on any atom is 0.414 e. The van der Waals surface area contributed by atoms with Crippen molar-refractivity contribution in [3.05, 3.63) is 12.7 Å². The number of halogens is 1. The molecule has 0 aromatic rings. The van der Waals surface area contributed by atoms with E-state index in [1.165, 1.54) is 0 Å². The van der Waals surface area contributed by atoms with Crippen molar-refractivity contribution in [3.8, 4) is 0 Å². The van der Waals surface area contributed by atoms with Crippen LogP contribution in [0.2, 0.25) is 0 Å². The van der Waals surface area contributed by atoms with E-state index in [9.17, 15) is 19.5 Å². The lowest BCUT2D eigenvalue weighted by atomic mass is 9.44. The number of ketones is 1. The van der Waals surface area contributed by atoms with Crippen molar-refractivity contribution in [2.75, 3.05) is 19.6 Å². The Hall–Kier alpha value is -1.44. The van der Waals surface area contributed by atoms with Crippen LogP contribution in [0.4, 0.5) is 4.79 Å². The van der Waals surface area contributed by atoms with Crippen LogP contribution in [0.1, 0.15) is 66.2 Å². The van der Waals surface area contributed by atoms with E-state index < -0.39 is 29.1 Å². The third-order valence-corrected chi connectivity index (χ3v) is 11.4. The molecule has 2 aliphatic heterocycles. The maximum atomic E-state index is 13.5. The number of piperidine rings is 1. The first kappa shape index (κ1) is 27.6. The van der Waals surface area contributed by atoms with Crippen LogP contribution >= 0.6 is 12.4 Å². The van der Waals surface area contributed by atoms with E-state index in [0.717, 1.165) is 38.8 Å². The predicted molar refractivity (Wildman–Crippen MR) is 138 cm³/mol. The van der Waals surface area contributed by atoms with Gasteiger partial charge in [-0.05, 0) is 61.8 Å². The summed E-state index contributed by atoms with van der Waals surface area (Å²) in [5.74, 6) is -0.100. The van der Waals surface area contributed by atoms with Crippen LogP contribution < -0.4 is 5.32 Å². The average Bonchev–Trinajstić information content (AvgIpc) is 3.55. The number of hydrogen-bond donors (Lipinski definition) is 2. The quantitative estimate of drug-likeness (QED) is 0.544. The average molecular weight is 523 g/mol. The minimum atomic E-state index is -0.734. The van der Waals surface area contributed by atoms with E-state index in [1.54, 1.807) is 6.08 Å². The number of carbonyl (C=O) groups is 3. The zero-order chi connectivity index (χ0) is 25.3. The lowest BCUT2D eigenvalue weighted by Crippen LogP contribution is -2.63. The molecule has 2 N–H and O–H groups in total. The number of ether oxygens (including phenoxy) is 1. The number of carbonyl (C=O) groups excluding carboxylic acids is 3. The number of fused-ring (bicyclic) bond motifs is 2. The first-order valence-electron chi connectivity index (χ1n) is 13.5. The Kier molecular flexibility index (Phi) is 7.20. The molecule has 8 heteroatoms. The minimum Gasteiger partial charge on any atom is -0.445 e. The number of nitrogens with one attached hydrogen (secondary N) is 1. The molecule has 5 fully saturated rings. The number of rotatable bonds is 3. The highest BCUT2D eigenvalue weighted by Gasteiger charge is 2.68. The molecule has 0 spiro atoms. The number of aliphatic hydroxyl groups is 1. The normalized spacial score (nSPS) is 49.3. The SMILES string of the molecule is C=C[C@]1(C)C[C@@H](OC(=O)NC(=O)C2CN3CC[C@@H]2C3)C2(C)[C@H](C)CCC3(CCC(=O)[C@H]32)[C@@H](C)[C@@H]1O.Cl. The number of Topliss-reactive ketones (excluding diaryl/α,β-unsaturated/α-hetero) is 1. The molecule has 4 unspecified atom stereocenters. The van der Waals surface area contributed by atoms with Crippen molar-refractivity contribution in [1.82, 2.24) is 10.2 Å². The molecule has 202 valence electrons. The summed E-state index contributed by atoms with van der Waals surface area (Å²) in [5.41, 5.74) is -1.58. The number of amides is 2. The van der Waals surface area contributed by atoms with E-state index in [0.29, 0.717) is 25.3 Å². The van der Waals surface area contributed by atoms with Gasteiger partial charge in [0.2, 0.25) is 5.91 Å². The smallest absolute Gasteiger partial charge is 0.414 e. The first-order valence-corrected chi connectivity index (χ1v) is 13.5. The van der Waals surface area contributed by atoms with Crippen LogP contribution in [-0.2, 0) is 14.3 Å². The van der Waals surface area contributed by atoms with Gasteiger partial charge in [0.05, 0.1) is 12.0 Å². The highest BCUT2D eigenvalue weighted by molar-refractivity contribution is 5.93. The van der Waals surface area contributed by atoms with Crippen LogP contribution in [0.5, 0.6) is 0 Å². The minimum absolute atomic E-state index is 0. The fraction of sp³-hybridized carbons (Fsp3) is 0.821. The number of hydrogen-bond acceptors (Lipinski definition) is 6. The number of nitrogens with zero attached hydrogens (tertiary/aromatic N) is 1. The Morgan fingerprint density at radius 1 is 1.19 bits per heavy atom. The molecular weight excluding hydrogens is 480 g/mol. The van der Waals surface area contributed by atoms with Crippen LogP contribution in [0.3, 0.4) is 0 Å². The Morgan fingerprint density at radius 2 is 1.92 bits per heavy atom.